The van der Waals surface area contributed by atoms with Gasteiger partial charge in [-0.3, -0.25) is 9.59 Å². The Morgan fingerprint density at radius 1 is 1.26 bits per heavy atom. The number of amides is 2. The van der Waals surface area contributed by atoms with Gasteiger partial charge in [-0.05, 0) is 30.3 Å². The molecule has 1 aromatic heterocycles. The van der Waals surface area contributed by atoms with Crippen molar-refractivity contribution >= 4 is 39.1 Å². The van der Waals surface area contributed by atoms with Crippen molar-refractivity contribution in [2.24, 2.45) is 4.99 Å². The third-order valence-corrected chi connectivity index (χ3v) is 4.73. The van der Waals surface area contributed by atoms with Crippen molar-refractivity contribution in [2.75, 3.05) is 5.32 Å². The van der Waals surface area contributed by atoms with Crippen molar-refractivity contribution < 1.29 is 18.4 Å². The van der Waals surface area contributed by atoms with E-state index in [0.717, 1.165) is 22.3 Å². The highest BCUT2D eigenvalue weighted by atomic mass is 32.1. The summed E-state index contributed by atoms with van der Waals surface area (Å²) in [6, 6.07) is 8.44. The molecule has 3 rings (SSSR count). The number of anilines is 1. The predicted octanol–water partition coefficient (Wildman–Crippen LogP) is 3.87. The Hall–Kier alpha value is -3.13. The Morgan fingerprint density at radius 2 is 1.96 bits per heavy atom. The topological polar surface area (TPSA) is 63.5 Å². The summed E-state index contributed by atoms with van der Waals surface area (Å²) in [5.74, 6) is -3.14. The molecule has 0 aliphatic carbocycles. The Labute approximate surface area is 157 Å². The van der Waals surface area contributed by atoms with Gasteiger partial charge in [0.25, 0.3) is 5.91 Å². The summed E-state index contributed by atoms with van der Waals surface area (Å²) < 4.78 is 30.2. The Balaban J connectivity index is 2.15. The summed E-state index contributed by atoms with van der Waals surface area (Å²) in [5.41, 5.74) is 0.661. The fourth-order valence-corrected chi connectivity index (χ4v) is 3.67. The number of hydrogen-bond donors (Lipinski definition) is 1. The standard InChI is InChI=1S/C19H15F2N3O2S/c1-3-9-24-15-8-7-12(22-11(2)25)10-16(15)27-19(24)23-18(26)17-13(20)5-4-6-14(17)21/h3-8,10H,1,9H2,2H3,(H,22,25). The molecule has 1 heterocycles. The number of rotatable bonds is 4. The van der Waals surface area contributed by atoms with Gasteiger partial charge in [-0.25, -0.2) is 8.78 Å². The lowest BCUT2D eigenvalue weighted by molar-refractivity contribution is -0.114. The van der Waals surface area contributed by atoms with Crippen LogP contribution in [0.5, 0.6) is 0 Å². The number of thiazole rings is 1. The van der Waals surface area contributed by atoms with E-state index in [1.165, 1.54) is 24.3 Å². The second kappa shape index (κ2) is 7.63. The average molecular weight is 387 g/mol. The molecule has 0 spiro atoms. The highest BCUT2D eigenvalue weighted by molar-refractivity contribution is 7.16. The first-order valence-corrected chi connectivity index (χ1v) is 8.77. The molecule has 2 aromatic carbocycles. The molecule has 0 aliphatic heterocycles. The first-order chi connectivity index (χ1) is 12.9. The lowest BCUT2D eigenvalue weighted by Gasteiger charge is -2.04. The number of nitrogens with zero attached hydrogens (tertiary/aromatic N) is 2. The van der Waals surface area contributed by atoms with Crippen LogP contribution in [-0.4, -0.2) is 16.4 Å². The molecule has 0 aliphatic rings. The maximum absolute atomic E-state index is 13.9. The zero-order valence-corrected chi connectivity index (χ0v) is 15.1. The second-order valence-electron chi connectivity index (χ2n) is 5.66. The van der Waals surface area contributed by atoms with Crippen LogP contribution in [0.25, 0.3) is 10.2 Å². The van der Waals surface area contributed by atoms with E-state index < -0.39 is 23.1 Å². The van der Waals surface area contributed by atoms with Gasteiger partial charge in [-0.2, -0.15) is 4.99 Å². The van der Waals surface area contributed by atoms with Crippen LogP contribution in [-0.2, 0) is 11.3 Å². The summed E-state index contributed by atoms with van der Waals surface area (Å²) in [7, 11) is 0. The van der Waals surface area contributed by atoms with E-state index in [2.05, 4.69) is 16.9 Å². The fraction of sp³-hybridized carbons (Fsp3) is 0.105. The molecule has 27 heavy (non-hydrogen) atoms. The average Bonchev–Trinajstić information content (AvgIpc) is 2.91. The van der Waals surface area contributed by atoms with Crippen molar-refractivity contribution in [2.45, 2.75) is 13.5 Å². The molecule has 0 atom stereocenters. The van der Waals surface area contributed by atoms with Crippen LogP contribution >= 0.6 is 11.3 Å². The minimum absolute atomic E-state index is 0.208. The van der Waals surface area contributed by atoms with Crippen LogP contribution in [0.15, 0.2) is 54.0 Å². The highest BCUT2D eigenvalue weighted by Crippen LogP contribution is 2.22. The monoisotopic (exact) mass is 387 g/mol. The van der Waals surface area contributed by atoms with Gasteiger partial charge in [0, 0.05) is 19.2 Å². The van der Waals surface area contributed by atoms with Crippen LogP contribution in [0, 0.1) is 11.6 Å². The predicted molar refractivity (Wildman–Crippen MR) is 101 cm³/mol. The smallest absolute Gasteiger partial charge is 0.285 e. The summed E-state index contributed by atoms with van der Waals surface area (Å²) in [5, 5.41) is 2.68. The number of aromatic nitrogens is 1. The van der Waals surface area contributed by atoms with Gasteiger partial charge in [-0.15, -0.1) is 6.58 Å². The van der Waals surface area contributed by atoms with E-state index in [1.54, 1.807) is 28.8 Å². The van der Waals surface area contributed by atoms with Crippen LogP contribution in [0.4, 0.5) is 14.5 Å². The number of nitrogens with one attached hydrogen (secondary N) is 1. The SMILES string of the molecule is C=CCn1c(=NC(=O)c2c(F)cccc2F)sc2cc(NC(C)=O)ccc21. The van der Waals surface area contributed by atoms with Crippen LogP contribution in [0.2, 0.25) is 0 Å². The fourth-order valence-electron chi connectivity index (χ4n) is 2.59. The van der Waals surface area contributed by atoms with Crippen LogP contribution in [0.1, 0.15) is 17.3 Å². The Morgan fingerprint density at radius 3 is 2.59 bits per heavy atom. The molecule has 0 radical (unpaired) electrons. The van der Waals surface area contributed by atoms with Crippen LogP contribution < -0.4 is 10.1 Å². The normalized spacial score (nSPS) is 11.6. The van der Waals surface area contributed by atoms with Gasteiger partial charge < -0.3 is 9.88 Å². The molecule has 0 saturated carbocycles. The molecule has 5 nitrogen and oxygen atoms in total. The summed E-state index contributed by atoms with van der Waals surface area (Å²) in [6.07, 6.45) is 1.63. The van der Waals surface area contributed by atoms with E-state index in [1.807, 2.05) is 0 Å². The van der Waals surface area contributed by atoms with Gasteiger partial charge in [0.05, 0.1) is 10.2 Å². The van der Waals surface area contributed by atoms with E-state index in [4.69, 9.17) is 0 Å². The minimum atomic E-state index is -1.00. The van der Waals surface area contributed by atoms with Gasteiger partial charge >= 0.3 is 0 Å². The van der Waals surface area contributed by atoms with Gasteiger partial charge in [0.15, 0.2) is 4.80 Å². The molecule has 1 N–H and O–H groups in total. The minimum Gasteiger partial charge on any atom is -0.326 e. The van der Waals surface area contributed by atoms with E-state index in [-0.39, 0.29) is 10.7 Å². The maximum Gasteiger partial charge on any atom is 0.285 e. The number of carbonyl (C=O) groups is 2. The summed E-state index contributed by atoms with van der Waals surface area (Å²) >= 11 is 1.17. The highest BCUT2D eigenvalue weighted by Gasteiger charge is 2.17. The van der Waals surface area contributed by atoms with Crippen molar-refractivity contribution in [3.63, 3.8) is 0 Å². The largest absolute Gasteiger partial charge is 0.326 e. The van der Waals surface area contributed by atoms with E-state index in [0.29, 0.717) is 12.2 Å². The second-order valence-corrected chi connectivity index (χ2v) is 6.67. The summed E-state index contributed by atoms with van der Waals surface area (Å²) in [6.45, 7) is 5.44. The zero-order valence-electron chi connectivity index (χ0n) is 14.3. The van der Waals surface area contributed by atoms with Crippen LogP contribution in [0.3, 0.4) is 0 Å². The zero-order chi connectivity index (χ0) is 19.6. The lowest BCUT2D eigenvalue weighted by Crippen LogP contribution is -2.17. The first kappa shape index (κ1) is 18.7. The number of fused-ring (bicyclic) bond motifs is 1. The molecule has 138 valence electrons. The molecule has 3 aromatic rings. The molecule has 0 saturated heterocycles. The van der Waals surface area contributed by atoms with Gasteiger partial charge in [0.2, 0.25) is 5.91 Å². The molecule has 8 heteroatoms. The number of hydrogen-bond acceptors (Lipinski definition) is 3. The summed E-state index contributed by atoms with van der Waals surface area (Å²) in [4.78, 5) is 27.8. The molecule has 0 fully saturated rings. The molecule has 0 unspecified atom stereocenters. The number of allylic oxidation sites excluding steroid dienone is 1. The molecular formula is C19H15F2N3O2S. The molecule has 0 bridgehead atoms. The van der Waals surface area contributed by atoms with Crippen molar-refractivity contribution in [1.82, 2.24) is 4.57 Å². The van der Waals surface area contributed by atoms with Gasteiger partial charge in [0.1, 0.15) is 17.2 Å². The van der Waals surface area contributed by atoms with Crippen molar-refractivity contribution in [1.29, 1.82) is 0 Å². The first-order valence-electron chi connectivity index (χ1n) is 7.95. The van der Waals surface area contributed by atoms with Gasteiger partial charge in [-0.1, -0.05) is 23.5 Å². The van der Waals surface area contributed by atoms with E-state index in [9.17, 15) is 18.4 Å². The molecule has 2 amide bonds. The van der Waals surface area contributed by atoms with Crippen molar-refractivity contribution in [3.05, 3.63) is 71.1 Å². The number of benzene rings is 2. The lowest BCUT2D eigenvalue weighted by atomic mass is 10.2. The quantitative estimate of drug-likeness (QED) is 0.691. The van der Waals surface area contributed by atoms with Crippen molar-refractivity contribution in [3.8, 4) is 0 Å². The number of halogens is 2. The maximum atomic E-state index is 13.9. The van der Waals surface area contributed by atoms with E-state index >= 15 is 0 Å². The number of carbonyl (C=O) groups excluding carboxylic acids is 2. The molecular weight excluding hydrogens is 372 g/mol. The third kappa shape index (κ3) is 3.85. The Kier molecular flexibility index (Phi) is 5.27. The third-order valence-electron chi connectivity index (χ3n) is 3.69. The Bertz CT molecular complexity index is 1110.